The van der Waals surface area contributed by atoms with Crippen LogP contribution in [0.15, 0.2) is 59.2 Å². The van der Waals surface area contributed by atoms with Crippen LogP contribution in [-0.4, -0.2) is 55.8 Å². The van der Waals surface area contributed by atoms with E-state index in [1.165, 1.54) is 30.0 Å². The zero-order valence-electron chi connectivity index (χ0n) is 25.4. The molecule has 1 amide bonds. The van der Waals surface area contributed by atoms with E-state index in [1.807, 2.05) is 66.7 Å². The minimum absolute atomic E-state index is 0.0650. The Morgan fingerprint density at radius 1 is 1.13 bits per heavy atom. The van der Waals surface area contributed by atoms with Crippen LogP contribution in [0.1, 0.15) is 65.7 Å². The van der Waals surface area contributed by atoms with Gasteiger partial charge in [-0.15, -0.1) is 34.8 Å². The van der Waals surface area contributed by atoms with Crippen molar-refractivity contribution in [3.8, 4) is 11.5 Å². The Morgan fingerprint density at radius 2 is 1.69 bits per heavy atom. The molecule has 4 nitrogen and oxygen atoms in total. The van der Waals surface area contributed by atoms with Crippen molar-refractivity contribution in [2.24, 2.45) is 0 Å². The highest BCUT2D eigenvalue weighted by Gasteiger charge is 2.20. The molecular weight excluding hydrogens is 583 g/mol. The number of halogens is 5. The van der Waals surface area contributed by atoms with E-state index in [1.54, 1.807) is 32.2 Å². The fourth-order valence-corrected chi connectivity index (χ4v) is 2.70. The molecule has 1 aromatic carbocycles. The van der Waals surface area contributed by atoms with Crippen molar-refractivity contribution >= 4 is 52.3 Å². The largest absolute Gasteiger partial charge is 0.493 e. The third-order valence-corrected chi connectivity index (χ3v) is 5.06. The second-order valence-electron chi connectivity index (χ2n) is 6.90. The Morgan fingerprint density at radius 3 is 2.13 bits per heavy atom. The number of amides is 1. The van der Waals surface area contributed by atoms with Gasteiger partial charge in [-0.3, -0.25) is 4.79 Å². The van der Waals surface area contributed by atoms with Crippen molar-refractivity contribution in [3.63, 3.8) is 0 Å². The number of hydrogen-bond donors (Lipinski definition) is 0. The van der Waals surface area contributed by atoms with E-state index in [0.717, 1.165) is 6.07 Å². The van der Waals surface area contributed by atoms with Crippen LogP contribution in [0.2, 0.25) is 0 Å². The van der Waals surface area contributed by atoms with E-state index in [2.05, 4.69) is 11.6 Å². The second-order valence-corrected chi connectivity index (χ2v) is 7.91. The molecule has 0 aliphatic carbocycles. The molecule has 0 fully saturated rings. The molecule has 226 valence electrons. The number of allylic oxidation sites excluding steroid dienone is 7. The third kappa shape index (κ3) is 21.8. The van der Waals surface area contributed by atoms with Gasteiger partial charge in [-0.25, -0.2) is 4.39 Å². The zero-order valence-corrected chi connectivity index (χ0v) is 28.4. The van der Waals surface area contributed by atoms with Crippen LogP contribution in [0.25, 0.3) is 0 Å². The first-order chi connectivity index (χ1) is 18.6. The molecule has 39 heavy (non-hydrogen) atoms. The van der Waals surface area contributed by atoms with Gasteiger partial charge in [0.05, 0.1) is 12.7 Å². The summed E-state index contributed by atoms with van der Waals surface area (Å²) in [6.45, 7) is 16.0. The number of carbonyl (C=O) groups excluding carboxylic acids is 1. The molecule has 1 atom stereocenters. The Kier molecular flexibility index (Phi) is 35.1. The molecule has 0 saturated heterocycles. The second kappa shape index (κ2) is 30.9. The monoisotopic (exact) mass is 629 g/mol. The summed E-state index contributed by atoms with van der Waals surface area (Å²) in [4.78, 5) is 13.6. The Hall–Kier alpha value is -1.66. The van der Waals surface area contributed by atoms with Crippen LogP contribution in [0.5, 0.6) is 11.5 Å². The molecule has 0 bridgehead atoms. The van der Waals surface area contributed by atoms with E-state index >= 15 is 0 Å². The molecule has 0 heterocycles. The van der Waals surface area contributed by atoms with Crippen LogP contribution >= 0.6 is 46.4 Å². The van der Waals surface area contributed by atoms with E-state index in [9.17, 15) is 9.18 Å². The van der Waals surface area contributed by atoms with Gasteiger partial charge in [-0.1, -0.05) is 69.2 Å². The molecule has 0 aliphatic rings. The minimum atomic E-state index is -0.669. The molecule has 0 N–H and O–H groups in total. The number of nitrogens with zero attached hydrogens (tertiary/aromatic N) is 1. The van der Waals surface area contributed by atoms with Crippen LogP contribution in [-0.2, 0) is 0 Å². The summed E-state index contributed by atoms with van der Waals surface area (Å²) in [5, 5.41) is 0.479. The lowest BCUT2D eigenvalue weighted by Gasteiger charge is -2.18. The van der Waals surface area contributed by atoms with Gasteiger partial charge in [0.2, 0.25) is 0 Å². The first-order valence-corrected chi connectivity index (χ1v) is 15.0. The van der Waals surface area contributed by atoms with Crippen molar-refractivity contribution < 1.29 is 18.7 Å². The molecule has 9 heteroatoms. The SMILES string of the molecule is C/C=C\C=C(\C)CCl.CC.CC.CCN(C)C(=O)c1cc(OC)c(OC(C)/C=C\C(Cl)=C/CCl)cc1F.CCl. The molecule has 0 spiro atoms. The molecule has 1 unspecified atom stereocenters. The lowest BCUT2D eigenvalue weighted by Crippen LogP contribution is -2.27. The topological polar surface area (TPSA) is 38.8 Å². The molecule has 0 aromatic heterocycles. The summed E-state index contributed by atoms with van der Waals surface area (Å²) in [5.74, 6) is 0.319. The Bertz CT molecular complexity index is 872. The van der Waals surface area contributed by atoms with Gasteiger partial charge in [-0.05, 0) is 45.9 Å². The fraction of sp³-hybridized carbons (Fsp3) is 0.500. The number of benzene rings is 1. The lowest BCUT2D eigenvalue weighted by molar-refractivity contribution is 0.0797. The number of carbonyl (C=O) groups is 1. The maximum Gasteiger partial charge on any atom is 0.256 e. The highest BCUT2D eigenvalue weighted by molar-refractivity contribution is 6.31. The summed E-state index contributed by atoms with van der Waals surface area (Å²) >= 11 is 21.6. The van der Waals surface area contributed by atoms with Crippen molar-refractivity contribution in [3.05, 3.63) is 70.6 Å². The quantitative estimate of drug-likeness (QED) is 0.191. The maximum absolute atomic E-state index is 14.3. The van der Waals surface area contributed by atoms with Gasteiger partial charge in [0.25, 0.3) is 5.91 Å². The lowest BCUT2D eigenvalue weighted by atomic mass is 10.1. The number of alkyl halides is 3. The molecule has 1 aromatic rings. The number of hydrogen-bond acceptors (Lipinski definition) is 3. The highest BCUT2D eigenvalue weighted by Crippen LogP contribution is 2.31. The summed E-state index contributed by atoms with van der Waals surface area (Å²) in [6, 6.07) is 2.49. The van der Waals surface area contributed by atoms with Crippen LogP contribution in [0, 0.1) is 5.82 Å². The Balaban J connectivity index is -0.000000366. The average molecular weight is 632 g/mol. The smallest absolute Gasteiger partial charge is 0.256 e. The van der Waals surface area contributed by atoms with Crippen LogP contribution in [0.3, 0.4) is 0 Å². The number of methoxy groups -OCH3 is 1. The van der Waals surface area contributed by atoms with Gasteiger partial charge in [-0.2, -0.15) is 0 Å². The standard InChI is InChI=1S/C18H22Cl2FNO3.C7H11Cl.2C2H6.CH3Cl/c1-5-22(3)18(23)14-10-16(24-4)17(11-15(14)21)25-12(2)6-7-13(20)8-9-19;1-3-4-5-7(2)6-8;3*1-2/h6-8,10-12H,5,9H2,1-4H3;3-5H,6H2,1-2H3;2*1-2H3;1H3/b7-6-,13-8+;4-3-,7-5-;;;. The summed E-state index contributed by atoms with van der Waals surface area (Å²) < 4.78 is 25.2. The van der Waals surface area contributed by atoms with E-state index in [-0.39, 0.29) is 17.1 Å². The van der Waals surface area contributed by atoms with Gasteiger partial charge in [0, 0.05) is 42.8 Å². The summed E-state index contributed by atoms with van der Waals surface area (Å²) in [6.07, 6.45) is 12.0. The molecule has 0 saturated carbocycles. The fourth-order valence-electron chi connectivity index (χ4n) is 2.21. The van der Waals surface area contributed by atoms with Gasteiger partial charge in [0.15, 0.2) is 11.5 Å². The van der Waals surface area contributed by atoms with Crippen LogP contribution < -0.4 is 9.47 Å². The van der Waals surface area contributed by atoms with E-state index < -0.39 is 17.8 Å². The predicted molar refractivity (Wildman–Crippen MR) is 173 cm³/mol. The van der Waals surface area contributed by atoms with Gasteiger partial charge in [0.1, 0.15) is 11.9 Å². The molecular formula is C30H48Cl4FNO3. The van der Waals surface area contributed by atoms with E-state index in [0.29, 0.717) is 23.3 Å². The molecule has 0 aliphatic heterocycles. The average Bonchev–Trinajstić information content (AvgIpc) is 2.97. The summed E-state index contributed by atoms with van der Waals surface area (Å²) in [5.41, 5.74) is 1.13. The van der Waals surface area contributed by atoms with Gasteiger partial charge >= 0.3 is 0 Å². The van der Waals surface area contributed by atoms with Crippen molar-refractivity contribution in [2.45, 2.75) is 61.5 Å². The number of ether oxygens (including phenoxy) is 2. The molecule has 1 rings (SSSR count). The minimum Gasteiger partial charge on any atom is -0.493 e. The van der Waals surface area contributed by atoms with E-state index in [4.69, 9.17) is 44.3 Å². The number of rotatable bonds is 10. The normalized spacial score (nSPS) is 11.5. The van der Waals surface area contributed by atoms with Crippen molar-refractivity contribution in [1.29, 1.82) is 0 Å². The molecule has 0 radical (unpaired) electrons. The van der Waals surface area contributed by atoms with Crippen LogP contribution in [0.4, 0.5) is 4.39 Å². The first kappa shape index (κ1) is 44.4. The maximum atomic E-state index is 14.3. The highest BCUT2D eigenvalue weighted by atomic mass is 35.5. The predicted octanol–water partition coefficient (Wildman–Crippen LogP) is 10.3. The Labute approximate surface area is 257 Å². The van der Waals surface area contributed by atoms with Crippen molar-refractivity contribution in [2.75, 3.05) is 38.8 Å². The first-order valence-electron chi connectivity index (χ1n) is 12.8. The summed E-state index contributed by atoms with van der Waals surface area (Å²) in [7, 11) is 3.03. The van der Waals surface area contributed by atoms with Gasteiger partial charge < -0.3 is 14.4 Å². The third-order valence-electron chi connectivity index (χ3n) is 4.20. The van der Waals surface area contributed by atoms with Crippen molar-refractivity contribution in [1.82, 2.24) is 4.90 Å². The zero-order chi connectivity index (χ0) is 31.4.